The van der Waals surface area contributed by atoms with Gasteiger partial charge in [-0.2, -0.15) is 5.10 Å². The predicted molar refractivity (Wildman–Crippen MR) is 74.7 cm³/mol. The van der Waals surface area contributed by atoms with Crippen LogP contribution in [-0.4, -0.2) is 14.8 Å². The summed E-state index contributed by atoms with van der Waals surface area (Å²) in [7, 11) is 0. The van der Waals surface area contributed by atoms with Crippen LogP contribution in [0, 0.1) is 11.6 Å². The average molecular weight is 303 g/mol. The molecule has 0 radical (unpaired) electrons. The van der Waals surface area contributed by atoms with Gasteiger partial charge in [-0.3, -0.25) is 0 Å². The molecule has 3 rings (SSSR count). The summed E-state index contributed by atoms with van der Waals surface area (Å²) in [5, 5.41) is 3.90. The molecule has 0 saturated heterocycles. The fourth-order valence-corrected chi connectivity index (χ4v) is 2.31. The summed E-state index contributed by atoms with van der Waals surface area (Å²) in [6.07, 6.45) is 2.69. The Labute approximate surface area is 125 Å². The summed E-state index contributed by atoms with van der Waals surface area (Å²) in [5.41, 5.74) is -1.46. The summed E-state index contributed by atoms with van der Waals surface area (Å²) in [4.78, 5) is 3.79. The van der Waals surface area contributed by atoms with E-state index in [9.17, 15) is 8.78 Å². The van der Waals surface area contributed by atoms with Crippen molar-refractivity contribution in [1.29, 1.82) is 0 Å². The molecular formula is C16H12F3N3. The van der Waals surface area contributed by atoms with E-state index in [1.54, 1.807) is 0 Å². The second-order valence-electron chi connectivity index (χ2n) is 4.91. The standard InChI is InChI=1S/C16H12F3N3/c17-14-5-1-12(2-6-14)16(19,9-22-11-20-10-21-22)13-3-7-15(18)8-4-13/h1-8,10-11H,9H2. The maximum absolute atomic E-state index is 15.7. The molecule has 0 spiro atoms. The van der Waals surface area contributed by atoms with Crippen molar-refractivity contribution < 1.29 is 13.2 Å². The minimum Gasteiger partial charge on any atom is -0.249 e. The van der Waals surface area contributed by atoms with Crippen LogP contribution in [0.1, 0.15) is 11.1 Å². The van der Waals surface area contributed by atoms with Crippen molar-refractivity contribution in [2.45, 2.75) is 12.2 Å². The number of aromatic nitrogens is 3. The number of halogens is 3. The highest BCUT2D eigenvalue weighted by atomic mass is 19.1. The second kappa shape index (κ2) is 5.63. The van der Waals surface area contributed by atoms with Gasteiger partial charge in [0, 0.05) is 0 Å². The molecule has 3 aromatic rings. The summed E-state index contributed by atoms with van der Waals surface area (Å²) >= 11 is 0. The van der Waals surface area contributed by atoms with Gasteiger partial charge in [0.25, 0.3) is 0 Å². The quantitative estimate of drug-likeness (QED) is 0.739. The summed E-state index contributed by atoms with van der Waals surface area (Å²) in [6.45, 7) is -0.149. The third-order valence-corrected chi connectivity index (χ3v) is 3.45. The number of benzene rings is 2. The van der Waals surface area contributed by atoms with Crippen molar-refractivity contribution in [2.75, 3.05) is 0 Å². The zero-order valence-electron chi connectivity index (χ0n) is 11.5. The number of hydrogen-bond donors (Lipinski definition) is 0. The van der Waals surface area contributed by atoms with Crippen LogP contribution in [-0.2, 0) is 12.2 Å². The maximum Gasteiger partial charge on any atom is 0.180 e. The Morgan fingerprint density at radius 2 is 1.36 bits per heavy atom. The fraction of sp³-hybridized carbons (Fsp3) is 0.125. The third-order valence-electron chi connectivity index (χ3n) is 3.45. The number of rotatable bonds is 4. The molecule has 0 aliphatic carbocycles. The Balaban J connectivity index is 2.08. The maximum atomic E-state index is 15.7. The minimum absolute atomic E-state index is 0.149. The Morgan fingerprint density at radius 1 is 0.864 bits per heavy atom. The lowest BCUT2D eigenvalue weighted by Gasteiger charge is -2.26. The van der Waals surface area contributed by atoms with Gasteiger partial charge < -0.3 is 0 Å². The molecule has 6 heteroatoms. The van der Waals surface area contributed by atoms with Crippen LogP contribution < -0.4 is 0 Å². The largest absolute Gasteiger partial charge is 0.249 e. The molecule has 3 nitrogen and oxygen atoms in total. The lowest BCUT2D eigenvalue weighted by atomic mass is 9.88. The first-order valence-corrected chi connectivity index (χ1v) is 6.61. The Bertz CT molecular complexity index is 692. The first-order chi connectivity index (χ1) is 10.6. The molecule has 0 aliphatic rings. The SMILES string of the molecule is Fc1ccc(C(F)(Cn2cncn2)c2ccc(F)cc2)cc1. The van der Waals surface area contributed by atoms with Gasteiger partial charge in [0.05, 0.1) is 6.54 Å². The predicted octanol–water partition coefficient (Wildman–Crippen LogP) is 3.47. The molecule has 22 heavy (non-hydrogen) atoms. The first kappa shape index (κ1) is 14.3. The van der Waals surface area contributed by atoms with E-state index < -0.39 is 17.3 Å². The monoisotopic (exact) mass is 303 g/mol. The van der Waals surface area contributed by atoms with Crippen LogP contribution in [0.15, 0.2) is 61.2 Å². The second-order valence-corrected chi connectivity index (χ2v) is 4.91. The minimum atomic E-state index is -1.98. The van der Waals surface area contributed by atoms with E-state index >= 15 is 4.39 Å². The van der Waals surface area contributed by atoms with Crippen LogP contribution in [0.2, 0.25) is 0 Å². The van der Waals surface area contributed by atoms with Gasteiger partial charge in [0.1, 0.15) is 24.3 Å². The van der Waals surface area contributed by atoms with Gasteiger partial charge in [-0.1, -0.05) is 24.3 Å². The lowest BCUT2D eigenvalue weighted by molar-refractivity contribution is 0.181. The van der Waals surface area contributed by atoms with Crippen molar-refractivity contribution in [3.63, 3.8) is 0 Å². The zero-order chi connectivity index (χ0) is 15.6. The van der Waals surface area contributed by atoms with Crippen LogP contribution in [0.3, 0.4) is 0 Å². The summed E-state index contributed by atoms with van der Waals surface area (Å²) < 4.78 is 43.3. The van der Waals surface area contributed by atoms with E-state index in [1.807, 2.05) is 0 Å². The normalized spacial score (nSPS) is 11.6. The molecule has 0 unspecified atom stereocenters. The molecule has 2 aromatic carbocycles. The molecular weight excluding hydrogens is 291 g/mol. The molecule has 0 N–H and O–H groups in total. The molecule has 1 aromatic heterocycles. The van der Waals surface area contributed by atoms with Gasteiger partial charge in [-0.05, 0) is 35.4 Å². The van der Waals surface area contributed by atoms with Gasteiger partial charge in [-0.15, -0.1) is 0 Å². The van der Waals surface area contributed by atoms with Crippen LogP contribution >= 0.6 is 0 Å². The van der Waals surface area contributed by atoms with E-state index in [0.717, 1.165) is 0 Å². The van der Waals surface area contributed by atoms with E-state index in [2.05, 4.69) is 10.1 Å². The molecule has 0 aliphatic heterocycles. The molecule has 112 valence electrons. The molecule has 1 heterocycles. The summed E-state index contributed by atoms with van der Waals surface area (Å²) in [6, 6.07) is 10.2. The van der Waals surface area contributed by atoms with E-state index in [-0.39, 0.29) is 17.7 Å². The Hall–Kier alpha value is -2.63. The smallest absolute Gasteiger partial charge is 0.180 e. The lowest BCUT2D eigenvalue weighted by Crippen LogP contribution is -2.28. The molecule has 0 amide bonds. The van der Waals surface area contributed by atoms with Crippen LogP contribution in [0.5, 0.6) is 0 Å². The van der Waals surface area contributed by atoms with Gasteiger partial charge >= 0.3 is 0 Å². The van der Waals surface area contributed by atoms with E-state index in [1.165, 1.54) is 65.9 Å². The highest BCUT2D eigenvalue weighted by Crippen LogP contribution is 2.35. The highest BCUT2D eigenvalue weighted by Gasteiger charge is 2.35. The first-order valence-electron chi connectivity index (χ1n) is 6.61. The van der Waals surface area contributed by atoms with Gasteiger partial charge in [0.2, 0.25) is 0 Å². The number of hydrogen-bond acceptors (Lipinski definition) is 2. The topological polar surface area (TPSA) is 30.7 Å². The molecule has 0 bridgehead atoms. The number of alkyl halides is 1. The van der Waals surface area contributed by atoms with Crippen molar-refractivity contribution in [3.05, 3.63) is 83.9 Å². The Kier molecular flexibility index (Phi) is 3.66. The molecule has 0 atom stereocenters. The van der Waals surface area contributed by atoms with Crippen LogP contribution in [0.25, 0.3) is 0 Å². The highest BCUT2D eigenvalue weighted by molar-refractivity contribution is 5.36. The van der Waals surface area contributed by atoms with E-state index in [4.69, 9.17) is 0 Å². The summed E-state index contributed by atoms with van der Waals surface area (Å²) in [5.74, 6) is -0.906. The Morgan fingerprint density at radius 3 is 1.77 bits per heavy atom. The van der Waals surface area contributed by atoms with Crippen molar-refractivity contribution in [1.82, 2.24) is 14.8 Å². The van der Waals surface area contributed by atoms with Crippen molar-refractivity contribution in [3.8, 4) is 0 Å². The van der Waals surface area contributed by atoms with Crippen molar-refractivity contribution in [2.24, 2.45) is 0 Å². The van der Waals surface area contributed by atoms with Gasteiger partial charge in [-0.25, -0.2) is 22.8 Å². The fourth-order valence-electron chi connectivity index (χ4n) is 2.31. The average Bonchev–Trinajstić information content (AvgIpc) is 3.01. The number of nitrogens with zero attached hydrogens (tertiary/aromatic N) is 3. The third kappa shape index (κ3) is 2.72. The molecule has 0 fully saturated rings. The van der Waals surface area contributed by atoms with Crippen LogP contribution in [0.4, 0.5) is 13.2 Å². The van der Waals surface area contributed by atoms with Gasteiger partial charge in [0.15, 0.2) is 5.67 Å². The van der Waals surface area contributed by atoms with E-state index in [0.29, 0.717) is 0 Å². The zero-order valence-corrected chi connectivity index (χ0v) is 11.5. The molecule has 0 saturated carbocycles. The van der Waals surface area contributed by atoms with Crippen molar-refractivity contribution >= 4 is 0 Å².